The van der Waals surface area contributed by atoms with Gasteiger partial charge in [-0.05, 0) is 48.4 Å². The SMILES string of the molecule is CC(C)C(CO)NC(=O)COc1ccc2c(c1)CCC2. The molecular formula is C16H23NO3. The minimum atomic E-state index is -0.217. The fraction of sp³-hybridized carbons (Fsp3) is 0.562. The molecule has 20 heavy (non-hydrogen) atoms. The molecule has 0 aliphatic heterocycles. The van der Waals surface area contributed by atoms with Crippen LogP contribution in [0.2, 0.25) is 0 Å². The van der Waals surface area contributed by atoms with Gasteiger partial charge >= 0.3 is 0 Å². The Bertz CT molecular complexity index is 471. The standard InChI is InChI=1S/C16H23NO3/c1-11(2)15(9-18)17-16(19)10-20-14-7-6-12-4-3-5-13(12)8-14/h6-8,11,15,18H,3-5,9-10H2,1-2H3,(H,17,19). The number of aliphatic hydroxyl groups excluding tert-OH is 1. The quantitative estimate of drug-likeness (QED) is 0.832. The van der Waals surface area contributed by atoms with E-state index in [1.54, 1.807) is 0 Å². The Morgan fingerprint density at radius 2 is 2.10 bits per heavy atom. The molecule has 1 atom stereocenters. The molecule has 110 valence electrons. The lowest BCUT2D eigenvalue weighted by Crippen LogP contribution is -2.43. The molecule has 0 aromatic heterocycles. The summed E-state index contributed by atoms with van der Waals surface area (Å²) in [5.41, 5.74) is 2.72. The van der Waals surface area contributed by atoms with Crippen molar-refractivity contribution in [3.63, 3.8) is 0 Å². The number of aryl methyl sites for hydroxylation is 2. The fourth-order valence-electron chi connectivity index (χ4n) is 2.46. The van der Waals surface area contributed by atoms with Gasteiger partial charge in [-0.25, -0.2) is 0 Å². The molecule has 0 bridgehead atoms. The summed E-state index contributed by atoms with van der Waals surface area (Å²) in [5, 5.41) is 12.0. The van der Waals surface area contributed by atoms with Crippen molar-refractivity contribution in [2.75, 3.05) is 13.2 Å². The highest BCUT2D eigenvalue weighted by atomic mass is 16.5. The maximum Gasteiger partial charge on any atom is 0.258 e. The van der Waals surface area contributed by atoms with E-state index in [0.29, 0.717) is 0 Å². The summed E-state index contributed by atoms with van der Waals surface area (Å²) in [4.78, 5) is 11.8. The molecule has 1 aromatic rings. The summed E-state index contributed by atoms with van der Waals surface area (Å²) in [6.07, 6.45) is 3.44. The molecule has 1 unspecified atom stereocenters. The second kappa shape index (κ2) is 6.75. The maximum atomic E-state index is 11.8. The molecule has 0 radical (unpaired) electrons. The molecule has 1 aromatic carbocycles. The molecule has 2 N–H and O–H groups in total. The fourth-order valence-corrected chi connectivity index (χ4v) is 2.46. The van der Waals surface area contributed by atoms with Gasteiger partial charge in [-0.2, -0.15) is 0 Å². The number of nitrogens with one attached hydrogen (secondary N) is 1. The number of hydrogen-bond donors (Lipinski definition) is 2. The van der Waals surface area contributed by atoms with Crippen LogP contribution in [0.15, 0.2) is 18.2 Å². The Morgan fingerprint density at radius 1 is 1.35 bits per heavy atom. The number of ether oxygens (including phenoxy) is 1. The van der Waals surface area contributed by atoms with Gasteiger partial charge in [0.05, 0.1) is 12.6 Å². The van der Waals surface area contributed by atoms with Gasteiger partial charge in [0.15, 0.2) is 6.61 Å². The van der Waals surface area contributed by atoms with Crippen LogP contribution in [0.25, 0.3) is 0 Å². The van der Waals surface area contributed by atoms with E-state index in [1.165, 1.54) is 17.5 Å². The van der Waals surface area contributed by atoms with Crippen molar-refractivity contribution in [2.45, 2.75) is 39.2 Å². The van der Waals surface area contributed by atoms with Crippen LogP contribution in [0.1, 0.15) is 31.4 Å². The van der Waals surface area contributed by atoms with Crippen LogP contribution >= 0.6 is 0 Å². The van der Waals surface area contributed by atoms with Crippen LogP contribution in [0.5, 0.6) is 5.75 Å². The van der Waals surface area contributed by atoms with Crippen molar-refractivity contribution in [3.8, 4) is 5.75 Å². The predicted octanol–water partition coefficient (Wildman–Crippen LogP) is 1.69. The second-order valence-corrected chi connectivity index (χ2v) is 5.67. The van der Waals surface area contributed by atoms with Crippen molar-refractivity contribution in [1.82, 2.24) is 5.32 Å². The van der Waals surface area contributed by atoms with Gasteiger partial charge in [0, 0.05) is 0 Å². The lowest BCUT2D eigenvalue weighted by atomic mass is 10.1. The Labute approximate surface area is 120 Å². The average Bonchev–Trinajstić information content (AvgIpc) is 2.89. The van der Waals surface area contributed by atoms with E-state index in [2.05, 4.69) is 11.4 Å². The van der Waals surface area contributed by atoms with Crippen LogP contribution in [-0.2, 0) is 17.6 Å². The molecule has 0 heterocycles. The minimum absolute atomic E-state index is 0.0119. The molecule has 4 heteroatoms. The van der Waals surface area contributed by atoms with E-state index >= 15 is 0 Å². The van der Waals surface area contributed by atoms with Crippen LogP contribution in [0.4, 0.5) is 0 Å². The molecule has 1 amide bonds. The van der Waals surface area contributed by atoms with E-state index in [9.17, 15) is 9.90 Å². The van der Waals surface area contributed by atoms with E-state index in [0.717, 1.165) is 18.6 Å². The first-order valence-electron chi connectivity index (χ1n) is 7.25. The number of benzene rings is 1. The van der Waals surface area contributed by atoms with Crippen LogP contribution < -0.4 is 10.1 Å². The molecule has 1 aliphatic carbocycles. The van der Waals surface area contributed by atoms with Crippen LogP contribution in [-0.4, -0.2) is 30.3 Å². The van der Waals surface area contributed by atoms with Gasteiger partial charge in [-0.3, -0.25) is 4.79 Å². The first-order chi connectivity index (χ1) is 9.60. The summed E-state index contributed by atoms with van der Waals surface area (Å²) in [7, 11) is 0. The zero-order valence-corrected chi connectivity index (χ0v) is 12.2. The highest BCUT2D eigenvalue weighted by Gasteiger charge is 2.16. The van der Waals surface area contributed by atoms with E-state index in [1.807, 2.05) is 26.0 Å². The van der Waals surface area contributed by atoms with Crippen molar-refractivity contribution in [3.05, 3.63) is 29.3 Å². The molecule has 2 rings (SSSR count). The minimum Gasteiger partial charge on any atom is -0.484 e. The Balaban J connectivity index is 1.84. The normalized spacial score (nSPS) is 15.0. The highest BCUT2D eigenvalue weighted by Crippen LogP contribution is 2.25. The predicted molar refractivity (Wildman–Crippen MR) is 77.8 cm³/mol. The zero-order chi connectivity index (χ0) is 14.5. The summed E-state index contributed by atoms with van der Waals surface area (Å²) in [6, 6.07) is 5.82. The molecule has 0 fully saturated rings. The number of hydrogen-bond acceptors (Lipinski definition) is 3. The summed E-state index contributed by atoms with van der Waals surface area (Å²) >= 11 is 0. The van der Waals surface area contributed by atoms with Crippen LogP contribution in [0.3, 0.4) is 0 Å². The van der Waals surface area contributed by atoms with Gasteiger partial charge in [0.1, 0.15) is 5.75 Å². The summed E-state index contributed by atoms with van der Waals surface area (Å²) in [5.74, 6) is 0.744. The number of aliphatic hydroxyl groups is 1. The topological polar surface area (TPSA) is 58.6 Å². The number of carbonyl (C=O) groups is 1. The first-order valence-corrected chi connectivity index (χ1v) is 7.25. The average molecular weight is 277 g/mol. The van der Waals surface area contributed by atoms with E-state index in [-0.39, 0.29) is 31.1 Å². The number of fused-ring (bicyclic) bond motifs is 1. The van der Waals surface area contributed by atoms with Crippen molar-refractivity contribution in [1.29, 1.82) is 0 Å². The van der Waals surface area contributed by atoms with Crippen molar-refractivity contribution < 1.29 is 14.6 Å². The van der Waals surface area contributed by atoms with Crippen molar-refractivity contribution >= 4 is 5.91 Å². The Morgan fingerprint density at radius 3 is 2.80 bits per heavy atom. The first kappa shape index (κ1) is 14.9. The summed E-state index contributed by atoms with van der Waals surface area (Å²) in [6.45, 7) is 3.86. The number of carbonyl (C=O) groups excluding carboxylic acids is 1. The van der Waals surface area contributed by atoms with Gasteiger partial charge < -0.3 is 15.2 Å². The smallest absolute Gasteiger partial charge is 0.258 e. The van der Waals surface area contributed by atoms with Gasteiger partial charge in [-0.15, -0.1) is 0 Å². The monoisotopic (exact) mass is 277 g/mol. The third-order valence-electron chi connectivity index (χ3n) is 3.79. The Hall–Kier alpha value is -1.55. The Kier molecular flexibility index (Phi) is 5.01. The lowest BCUT2D eigenvalue weighted by molar-refractivity contribution is -0.124. The molecule has 0 saturated carbocycles. The third kappa shape index (κ3) is 3.73. The van der Waals surface area contributed by atoms with Gasteiger partial charge in [0.25, 0.3) is 5.91 Å². The van der Waals surface area contributed by atoms with Gasteiger partial charge in [-0.1, -0.05) is 19.9 Å². The largest absolute Gasteiger partial charge is 0.484 e. The molecule has 4 nitrogen and oxygen atoms in total. The molecular weight excluding hydrogens is 254 g/mol. The van der Waals surface area contributed by atoms with E-state index < -0.39 is 0 Å². The molecule has 1 aliphatic rings. The number of rotatable bonds is 6. The van der Waals surface area contributed by atoms with Crippen LogP contribution in [0, 0.1) is 5.92 Å². The van der Waals surface area contributed by atoms with Gasteiger partial charge in [0.2, 0.25) is 0 Å². The second-order valence-electron chi connectivity index (χ2n) is 5.67. The molecule has 0 saturated heterocycles. The summed E-state index contributed by atoms with van der Waals surface area (Å²) < 4.78 is 5.52. The maximum absolute atomic E-state index is 11.8. The third-order valence-corrected chi connectivity index (χ3v) is 3.79. The van der Waals surface area contributed by atoms with Crippen molar-refractivity contribution in [2.24, 2.45) is 5.92 Å². The zero-order valence-electron chi connectivity index (χ0n) is 12.2. The molecule has 0 spiro atoms. The number of amides is 1. The van der Waals surface area contributed by atoms with E-state index in [4.69, 9.17) is 4.74 Å². The lowest BCUT2D eigenvalue weighted by Gasteiger charge is -2.19. The highest BCUT2D eigenvalue weighted by molar-refractivity contribution is 5.77.